The SMILES string of the molecule is C=C(CCNc1nc(Nc2ccc(S(=C)(C)=O)cc2)ncc1/C(C)=C/C=C\C)OCCOC.CCOC(C)=O. The van der Waals surface area contributed by atoms with Gasteiger partial charge in [-0.15, -0.1) is 0 Å². The fraction of sp³-hybridized carbons (Fsp3) is 0.379. The topological polar surface area (TPSA) is 112 Å². The number of nitrogens with zero attached hydrogens (tertiary/aromatic N) is 2. The Bertz CT molecular complexity index is 1220. The maximum atomic E-state index is 12.1. The van der Waals surface area contributed by atoms with Crippen LogP contribution in [-0.4, -0.2) is 65.7 Å². The molecule has 9 nitrogen and oxygen atoms in total. The molecule has 1 atom stereocenters. The predicted molar refractivity (Wildman–Crippen MR) is 162 cm³/mol. The summed E-state index contributed by atoms with van der Waals surface area (Å²) in [5.74, 6) is 5.36. The van der Waals surface area contributed by atoms with Crippen molar-refractivity contribution in [3.63, 3.8) is 0 Å². The highest BCUT2D eigenvalue weighted by Crippen LogP contribution is 2.24. The van der Waals surface area contributed by atoms with Crippen LogP contribution in [0.4, 0.5) is 17.5 Å². The number of anilines is 3. The average Bonchev–Trinajstić information content (AvgIpc) is 2.88. The van der Waals surface area contributed by atoms with Crippen LogP contribution < -0.4 is 10.6 Å². The lowest BCUT2D eigenvalue weighted by Crippen LogP contribution is -2.10. The second kappa shape index (κ2) is 17.8. The number of nitrogens with one attached hydrogen (secondary N) is 2. The van der Waals surface area contributed by atoms with E-state index in [4.69, 9.17) is 9.47 Å². The number of carbonyl (C=O) groups is 1. The molecule has 0 saturated carbocycles. The lowest BCUT2D eigenvalue weighted by Gasteiger charge is -2.14. The van der Waals surface area contributed by atoms with Crippen LogP contribution in [0, 0.1) is 0 Å². The number of allylic oxidation sites excluding steroid dienone is 4. The molecule has 0 fully saturated rings. The minimum Gasteiger partial charge on any atom is -0.496 e. The van der Waals surface area contributed by atoms with E-state index in [0.29, 0.717) is 55.2 Å². The zero-order valence-corrected chi connectivity index (χ0v) is 24.7. The van der Waals surface area contributed by atoms with E-state index in [2.05, 4.69) is 37.8 Å². The Morgan fingerprint density at radius 1 is 1.15 bits per heavy atom. The summed E-state index contributed by atoms with van der Waals surface area (Å²) in [6.07, 6.45) is 10.0. The number of esters is 1. The monoisotopic (exact) mass is 558 g/mol. The van der Waals surface area contributed by atoms with E-state index in [0.717, 1.165) is 16.8 Å². The van der Waals surface area contributed by atoms with E-state index in [9.17, 15) is 9.00 Å². The third kappa shape index (κ3) is 13.6. The first-order valence-electron chi connectivity index (χ1n) is 12.5. The highest BCUT2D eigenvalue weighted by Gasteiger charge is 2.10. The number of methoxy groups -OCH3 is 1. The Morgan fingerprint density at radius 2 is 1.85 bits per heavy atom. The molecule has 10 heteroatoms. The van der Waals surface area contributed by atoms with E-state index in [1.807, 2.05) is 44.2 Å². The molecule has 0 aliphatic heterocycles. The molecular weight excluding hydrogens is 516 g/mol. The molecule has 0 aliphatic rings. The summed E-state index contributed by atoms with van der Waals surface area (Å²) in [5, 5.41) is 6.57. The van der Waals surface area contributed by atoms with Crippen molar-refractivity contribution < 1.29 is 23.2 Å². The Kier molecular flexibility index (Phi) is 15.2. The van der Waals surface area contributed by atoms with Crippen molar-refractivity contribution in [2.75, 3.05) is 50.4 Å². The van der Waals surface area contributed by atoms with Crippen LogP contribution in [0.15, 0.2) is 65.9 Å². The van der Waals surface area contributed by atoms with Gasteiger partial charge in [0.25, 0.3) is 0 Å². The van der Waals surface area contributed by atoms with Crippen molar-refractivity contribution in [2.24, 2.45) is 0 Å². The number of aromatic nitrogens is 2. The van der Waals surface area contributed by atoms with Gasteiger partial charge in [0.15, 0.2) is 0 Å². The van der Waals surface area contributed by atoms with Gasteiger partial charge in [-0.05, 0) is 66.0 Å². The van der Waals surface area contributed by atoms with Crippen LogP contribution in [0.5, 0.6) is 0 Å². The fourth-order valence-corrected chi connectivity index (χ4v) is 3.73. The summed E-state index contributed by atoms with van der Waals surface area (Å²) in [6.45, 7) is 13.2. The van der Waals surface area contributed by atoms with Gasteiger partial charge in [-0.3, -0.25) is 9.00 Å². The molecule has 1 aromatic heterocycles. The maximum absolute atomic E-state index is 12.1. The van der Waals surface area contributed by atoms with Crippen LogP contribution in [0.2, 0.25) is 0 Å². The third-order valence-electron chi connectivity index (χ3n) is 5.00. The quantitative estimate of drug-likeness (QED) is 0.103. The molecule has 0 amide bonds. The first kappa shape index (κ1) is 33.4. The van der Waals surface area contributed by atoms with E-state index in [1.54, 1.807) is 38.6 Å². The zero-order chi connectivity index (χ0) is 29.3. The number of rotatable bonds is 14. The smallest absolute Gasteiger partial charge is 0.302 e. The van der Waals surface area contributed by atoms with Crippen molar-refractivity contribution in [2.45, 2.75) is 39.0 Å². The van der Waals surface area contributed by atoms with Crippen LogP contribution in [-0.2, 0) is 28.5 Å². The number of carbonyl (C=O) groups excluding carboxylic acids is 1. The van der Waals surface area contributed by atoms with Crippen molar-refractivity contribution in [1.82, 2.24) is 9.97 Å². The maximum Gasteiger partial charge on any atom is 0.302 e. The fourth-order valence-electron chi connectivity index (χ4n) is 3.02. The first-order chi connectivity index (χ1) is 18.5. The molecule has 0 bridgehead atoms. The number of hydrogen-bond acceptors (Lipinski definition) is 9. The highest BCUT2D eigenvalue weighted by atomic mass is 32.2. The summed E-state index contributed by atoms with van der Waals surface area (Å²) in [4.78, 5) is 19.7. The van der Waals surface area contributed by atoms with Crippen LogP contribution in [0.1, 0.15) is 39.7 Å². The van der Waals surface area contributed by atoms with Gasteiger partial charge in [-0.2, -0.15) is 4.98 Å². The summed E-state index contributed by atoms with van der Waals surface area (Å²) in [5.41, 5.74) is 2.74. The van der Waals surface area contributed by atoms with Crippen molar-refractivity contribution in [3.8, 4) is 0 Å². The van der Waals surface area contributed by atoms with Gasteiger partial charge >= 0.3 is 5.97 Å². The number of benzene rings is 1. The molecule has 39 heavy (non-hydrogen) atoms. The van der Waals surface area contributed by atoms with Gasteiger partial charge in [-0.25, -0.2) is 4.98 Å². The summed E-state index contributed by atoms with van der Waals surface area (Å²) >= 11 is 0. The van der Waals surface area contributed by atoms with Gasteiger partial charge < -0.3 is 24.8 Å². The minimum absolute atomic E-state index is 0.211. The highest BCUT2D eigenvalue weighted by molar-refractivity contribution is 7.99. The van der Waals surface area contributed by atoms with Crippen molar-refractivity contribution >= 4 is 44.4 Å². The molecule has 1 heterocycles. The molecule has 2 rings (SSSR count). The van der Waals surface area contributed by atoms with E-state index < -0.39 is 9.52 Å². The van der Waals surface area contributed by atoms with Crippen LogP contribution in [0.25, 0.3) is 5.57 Å². The minimum atomic E-state index is -2.25. The van der Waals surface area contributed by atoms with E-state index in [-0.39, 0.29) is 5.97 Å². The molecule has 0 spiro atoms. The average molecular weight is 559 g/mol. The standard InChI is InChI=1S/C25H34N4O3S.C4H8O2/c1-7-8-9-19(2)23-18-27-25(28-21-10-12-22(13-11-21)33(5,6)30)29-24(23)26-15-14-20(3)32-17-16-31-4;1-3-6-4(2)5/h7-13,18H,3,5,14-17H2,1-2,4,6H3,(H2,26,27,28,29);3H2,1-2H3/b8-7-,19-9+;. The van der Waals surface area contributed by atoms with Crippen molar-refractivity contribution in [1.29, 1.82) is 0 Å². The zero-order valence-electron chi connectivity index (χ0n) is 23.9. The molecule has 2 N–H and O–H groups in total. The summed E-state index contributed by atoms with van der Waals surface area (Å²) in [6, 6.07) is 7.27. The second-order valence-corrected chi connectivity index (χ2v) is 10.9. The Morgan fingerprint density at radius 3 is 2.38 bits per heavy atom. The molecule has 214 valence electrons. The van der Waals surface area contributed by atoms with E-state index >= 15 is 0 Å². The summed E-state index contributed by atoms with van der Waals surface area (Å²) in [7, 11) is -0.616. The van der Waals surface area contributed by atoms with Gasteiger partial charge in [0.1, 0.15) is 12.4 Å². The number of hydrogen-bond donors (Lipinski definition) is 2. The summed E-state index contributed by atoms with van der Waals surface area (Å²) < 4.78 is 27.0. The Hall–Kier alpha value is -3.63. The molecule has 1 unspecified atom stereocenters. The van der Waals surface area contributed by atoms with E-state index in [1.165, 1.54) is 6.92 Å². The molecule has 1 aromatic carbocycles. The Balaban J connectivity index is 0.00000113. The van der Waals surface area contributed by atoms with Crippen LogP contribution in [0.3, 0.4) is 0 Å². The molecule has 0 saturated heterocycles. The molecular formula is C29H42N4O5S. The van der Waals surface area contributed by atoms with Gasteiger partial charge in [0.05, 0.1) is 19.0 Å². The van der Waals surface area contributed by atoms with Gasteiger partial charge in [0, 0.05) is 55.6 Å². The molecule has 2 aromatic rings. The first-order valence-corrected chi connectivity index (χ1v) is 14.7. The second-order valence-electron chi connectivity index (χ2n) is 8.47. The van der Waals surface area contributed by atoms with Gasteiger partial charge in [-0.1, -0.05) is 24.8 Å². The largest absolute Gasteiger partial charge is 0.496 e. The normalized spacial score (nSPS) is 12.6. The molecule has 0 radical (unpaired) electrons. The molecule has 0 aliphatic carbocycles. The van der Waals surface area contributed by atoms with Crippen LogP contribution >= 0.6 is 0 Å². The lowest BCUT2D eigenvalue weighted by molar-refractivity contribution is -0.140. The number of ether oxygens (including phenoxy) is 3. The lowest BCUT2D eigenvalue weighted by atomic mass is 10.1. The third-order valence-corrected chi connectivity index (χ3v) is 6.27. The van der Waals surface area contributed by atoms with Crippen molar-refractivity contribution in [3.05, 3.63) is 66.6 Å². The van der Waals surface area contributed by atoms with Gasteiger partial charge in [0.2, 0.25) is 5.95 Å². The Labute approximate surface area is 233 Å². The predicted octanol–water partition coefficient (Wildman–Crippen LogP) is 5.45.